The van der Waals surface area contributed by atoms with Gasteiger partial charge in [0.25, 0.3) is 0 Å². The van der Waals surface area contributed by atoms with Crippen LogP contribution in [0.1, 0.15) is 46.5 Å². The SMILES string of the molecule is C=C1CC(C)CC(Br)(C2CC2)C1C(C)C. The molecule has 2 aliphatic carbocycles. The summed E-state index contributed by atoms with van der Waals surface area (Å²) in [4.78, 5) is 0. The van der Waals surface area contributed by atoms with Crippen LogP contribution < -0.4 is 0 Å². The van der Waals surface area contributed by atoms with Crippen LogP contribution in [-0.4, -0.2) is 4.32 Å². The third kappa shape index (κ3) is 2.05. The predicted octanol–water partition coefficient (Wildman–Crippen LogP) is 4.79. The zero-order valence-electron chi connectivity index (χ0n) is 10.2. The maximum atomic E-state index is 4.34. The highest BCUT2D eigenvalue weighted by atomic mass is 79.9. The van der Waals surface area contributed by atoms with Gasteiger partial charge in [-0.1, -0.05) is 48.9 Å². The Labute approximate surface area is 103 Å². The molecule has 2 fully saturated rings. The monoisotopic (exact) mass is 270 g/mol. The molecule has 0 aromatic carbocycles. The minimum atomic E-state index is 0.385. The lowest BCUT2D eigenvalue weighted by molar-refractivity contribution is 0.220. The van der Waals surface area contributed by atoms with E-state index in [9.17, 15) is 0 Å². The first-order valence-corrected chi connectivity index (χ1v) is 7.11. The highest BCUT2D eigenvalue weighted by Crippen LogP contribution is 2.59. The van der Waals surface area contributed by atoms with Crippen molar-refractivity contribution in [2.75, 3.05) is 0 Å². The van der Waals surface area contributed by atoms with Gasteiger partial charge < -0.3 is 0 Å². The van der Waals surface area contributed by atoms with Gasteiger partial charge >= 0.3 is 0 Å². The molecule has 2 saturated carbocycles. The quantitative estimate of drug-likeness (QED) is 0.500. The van der Waals surface area contributed by atoms with Gasteiger partial charge in [-0.15, -0.1) is 0 Å². The maximum absolute atomic E-state index is 4.34. The Morgan fingerprint density at radius 1 is 1.40 bits per heavy atom. The van der Waals surface area contributed by atoms with Crippen molar-refractivity contribution in [3.63, 3.8) is 0 Å². The number of alkyl halides is 1. The fourth-order valence-corrected chi connectivity index (χ4v) is 5.52. The molecule has 0 nitrogen and oxygen atoms in total. The smallest absolute Gasteiger partial charge is 0.0356 e. The Morgan fingerprint density at radius 3 is 2.47 bits per heavy atom. The van der Waals surface area contributed by atoms with E-state index in [4.69, 9.17) is 0 Å². The molecule has 1 heteroatoms. The van der Waals surface area contributed by atoms with Crippen molar-refractivity contribution < 1.29 is 0 Å². The lowest BCUT2D eigenvalue weighted by Crippen LogP contribution is -2.43. The molecular weight excluding hydrogens is 248 g/mol. The molecule has 0 N–H and O–H groups in total. The highest BCUT2D eigenvalue weighted by molar-refractivity contribution is 9.10. The average molecular weight is 271 g/mol. The molecule has 0 amide bonds. The number of hydrogen-bond donors (Lipinski definition) is 0. The summed E-state index contributed by atoms with van der Waals surface area (Å²) in [6, 6.07) is 0. The summed E-state index contributed by atoms with van der Waals surface area (Å²) in [7, 11) is 0. The van der Waals surface area contributed by atoms with Gasteiger partial charge in [-0.3, -0.25) is 0 Å². The van der Waals surface area contributed by atoms with E-state index in [0.29, 0.717) is 10.2 Å². The third-order valence-corrected chi connectivity index (χ3v) is 5.62. The third-order valence-electron chi connectivity index (χ3n) is 4.15. The van der Waals surface area contributed by atoms with Crippen LogP contribution in [0, 0.1) is 23.7 Å². The fraction of sp³-hybridized carbons (Fsp3) is 0.857. The lowest BCUT2D eigenvalue weighted by Gasteiger charge is -2.46. The van der Waals surface area contributed by atoms with E-state index in [2.05, 4.69) is 43.3 Å². The van der Waals surface area contributed by atoms with Crippen molar-refractivity contribution in [1.29, 1.82) is 0 Å². The molecular formula is C14H23Br. The number of halogens is 1. The van der Waals surface area contributed by atoms with E-state index in [-0.39, 0.29) is 0 Å². The summed E-state index contributed by atoms with van der Waals surface area (Å²) in [6.45, 7) is 11.4. The van der Waals surface area contributed by atoms with Gasteiger partial charge in [-0.25, -0.2) is 0 Å². The van der Waals surface area contributed by atoms with Gasteiger partial charge in [0, 0.05) is 4.32 Å². The first-order chi connectivity index (χ1) is 6.95. The summed E-state index contributed by atoms with van der Waals surface area (Å²) in [6.07, 6.45) is 5.44. The molecule has 2 rings (SSSR count). The standard InChI is InChI=1S/C14H23Br/c1-9(2)13-11(4)7-10(3)8-14(13,15)12-5-6-12/h9-10,12-13H,4-8H2,1-3H3. The molecule has 0 aromatic heterocycles. The molecule has 0 heterocycles. The molecule has 0 radical (unpaired) electrons. The van der Waals surface area contributed by atoms with Gasteiger partial charge in [0.1, 0.15) is 0 Å². The second-order valence-electron chi connectivity index (χ2n) is 6.09. The maximum Gasteiger partial charge on any atom is 0.0356 e. The van der Waals surface area contributed by atoms with E-state index in [1.54, 1.807) is 0 Å². The molecule has 2 aliphatic rings. The van der Waals surface area contributed by atoms with E-state index < -0.39 is 0 Å². The molecule has 3 atom stereocenters. The second-order valence-corrected chi connectivity index (χ2v) is 7.57. The topological polar surface area (TPSA) is 0 Å². The van der Waals surface area contributed by atoms with Crippen LogP contribution in [-0.2, 0) is 0 Å². The van der Waals surface area contributed by atoms with Crippen molar-refractivity contribution in [2.24, 2.45) is 23.7 Å². The number of allylic oxidation sites excluding steroid dienone is 1. The van der Waals surface area contributed by atoms with E-state index in [0.717, 1.165) is 17.8 Å². The van der Waals surface area contributed by atoms with Gasteiger partial charge in [0.2, 0.25) is 0 Å². The average Bonchev–Trinajstić information content (AvgIpc) is 2.81. The van der Waals surface area contributed by atoms with Crippen LogP contribution in [0.25, 0.3) is 0 Å². The minimum absolute atomic E-state index is 0.385. The van der Waals surface area contributed by atoms with Crippen LogP contribution in [0.5, 0.6) is 0 Å². The summed E-state index contributed by atoms with van der Waals surface area (Å²) in [5, 5.41) is 0. The van der Waals surface area contributed by atoms with Crippen LogP contribution in [0.2, 0.25) is 0 Å². The molecule has 0 aromatic rings. The van der Waals surface area contributed by atoms with Gasteiger partial charge in [0.05, 0.1) is 0 Å². The van der Waals surface area contributed by atoms with E-state index in [1.807, 2.05) is 0 Å². The van der Waals surface area contributed by atoms with Crippen LogP contribution >= 0.6 is 15.9 Å². The van der Waals surface area contributed by atoms with Gasteiger partial charge in [-0.2, -0.15) is 0 Å². The Balaban J connectivity index is 2.26. The molecule has 0 aliphatic heterocycles. The lowest BCUT2D eigenvalue weighted by atomic mass is 9.66. The molecule has 86 valence electrons. The molecule has 0 saturated heterocycles. The number of hydrogen-bond acceptors (Lipinski definition) is 0. The molecule has 3 unspecified atom stereocenters. The van der Waals surface area contributed by atoms with Crippen LogP contribution in [0.3, 0.4) is 0 Å². The first-order valence-electron chi connectivity index (χ1n) is 6.31. The van der Waals surface area contributed by atoms with E-state index in [1.165, 1.54) is 31.3 Å². The Hall–Kier alpha value is 0.220. The van der Waals surface area contributed by atoms with Crippen molar-refractivity contribution in [1.82, 2.24) is 0 Å². The van der Waals surface area contributed by atoms with E-state index >= 15 is 0 Å². The molecule has 15 heavy (non-hydrogen) atoms. The molecule has 0 bridgehead atoms. The fourth-order valence-electron chi connectivity index (χ4n) is 3.66. The van der Waals surface area contributed by atoms with Gasteiger partial charge in [-0.05, 0) is 49.4 Å². The zero-order chi connectivity index (χ0) is 11.2. The Bertz CT molecular complexity index is 265. The number of rotatable bonds is 2. The van der Waals surface area contributed by atoms with Crippen LogP contribution in [0.4, 0.5) is 0 Å². The van der Waals surface area contributed by atoms with Crippen molar-refractivity contribution >= 4 is 15.9 Å². The van der Waals surface area contributed by atoms with Crippen molar-refractivity contribution in [3.05, 3.63) is 12.2 Å². The second kappa shape index (κ2) is 3.91. The summed E-state index contributed by atoms with van der Waals surface area (Å²) < 4.78 is 0.385. The summed E-state index contributed by atoms with van der Waals surface area (Å²) in [5.41, 5.74) is 1.49. The summed E-state index contributed by atoms with van der Waals surface area (Å²) in [5.74, 6) is 3.16. The van der Waals surface area contributed by atoms with Crippen molar-refractivity contribution in [3.8, 4) is 0 Å². The zero-order valence-corrected chi connectivity index (χ0v) is 11.8. The van der Waals surface area contributed by atoms with Gasteiger partial charge in [0.15, 0.2) is 0 Å². The predicted molar refractivity (Wildman–Crippen MR) is 70.2 cm³/mol. The Kier molecular flexibility index (Phi) is 3.05. The normalized spacial score (nSPS) is 42.3. The van der Waals surface area contributed by atoms with Crippen LogP contribution in [0.15, 0.2) is 12.2 Å². The van der Waals surface area contributed by atoms with Crippen molar-refractivity contribution in [2.45, 2.75) is 50.8 Å². The Morgan fingerprint density at radius 2 is 2.00 bits per heavy atom. The summed E-state index contributed by atoms with van der Waals surface area (Å²) >= 11 is 4.11. The largest absolute Gasteiger partial charge is 0.0995 e. The first kappa shape index (κ1) is 11.7. The minimum Gasteiger partial charge on any atom is -0.0995 e. The molecule has 0 spiro atoms. The highest BCUT2D eigenvalue weighted by Gasteiger charge is 2.52.